The monoisotopic (exact) mass is 479 g/mol. The van der Waals surface area contributed by atoms with Crippen molar-refractivity contribution in [2.75, 3.05) is 25.0 Å². The quantitative estimate of drug-likeness (QED) is 0.441. The van der Waals surface area contributed by atoms with E-state index in [1.165, 1.54) is 5.56 Å². The lowest BCUT2D eigenvalue weighted by Crippen LogP contribution is -2.42. The van der Waals surface area contributed by atoms with Crippen molar-refractivity contribution < 1.29 is 14.0 Å². The number of hydrogen-bond donors (Lipinski definition) is 1. The van der Waals surface area contributed by atoms with Gasteiger partial charge in [-0.2, -0.15) is 0 Å². The summed E-state index contributed by atoms with van der Waals surface area (Å²) in [4.78, 5) is 29.4. The second-order valence-corrected chi connectivity index (χ2v) is 9.14. The number of nitrogens with zero attached hydrogens (tertiary/aromatic N) is 2. The normalized spacial score (nSPS) is 14.1. The van der Waals surface area contributed by atoms with E-state index < -0.39 is 0 Å². The fourth-order valence-electron chi connectivity index (χ4n) is 4.33. The summed E-state index contributed by atoms with van der Waals surface area (Å²) in [6.07, 6.45) is 4.92. The van der Waals surface area contributed by atoms with Gasteiger partial charge in [0, 0.05) is 36.8 Å². The third kappa shape index (κ3) is 6.87. The molecule has 3 amide bonds. The standard InChI is InChI=1S/C27H30ClN3O3/c28-23-8-4-9-24(19-23)29-27(33)31(20-25-10-5-17-34-25)16-13-26(32)30-14-11-22(12-15-30)18-21-6-2-1-3-7-21/h1-10,17,19,22H,11-16,18,20H2,(H,29,33). The van der Waals surface area contributed by atoms with Crippen LogP contribution in [0.1, 0.15) is 30.6 Å². The van der Waals surface area contributed by atoms with Crippen LogP contribution >= 0.6 is 11.6 Å². The van der Waals surface area contributed by atoms with E-state index in [-0.39, 0.29) is 24.9 Å². The Bertz CT molecular complexity index is 1060. The van der Waals surface area contributed by atoms with Crippen LogP contribution in [0.25, 0.3) is 0 Å². The van der Waals surface area contributed by atoms with E-state index in [9.17, 15) is 9.59 Å². The lowest BCUT2D eigenvalue weighted by atomic mass is 9.90. The lowest BCUT2D eigenvalue weighted by molar-refractivity contribution is -0.132. The third-order valence-electron chi connectivity index (χ3n) is 6.22. The SMILES string of the molecule is O=C(CCN(Cc1ccco1)C(=O)Nc1cccc(Cl)c1)N1CCC(Cc2ccccc2)CC1. The van der Waals surface area contributed by atoms with Crippen molar-refractivity contribution in [3.05, 3.63) is 89.3 Å². The summed E-state index contributed by atoms with van der Waals surface area (Å²) in [6, 6.07) is 20.8. The number of rotatable bonds is 8. The highest BCUT2D eigenvalue weighted by atomic mass is 35.5. The molecule has 3 aromatic rings. The molecule has 1 N–H and O–H groups in total. The highest BCUT2D eigenvalue weighted by Crippen LogP contribution is 2.22. The number of likely N-dealkylation sites (tertiary alicyclic amines) is 1. The molecule has 1 aromatic heterocycles. The second kappa shape index (κ2) is 11.7. The minimum Gasteiger partial charge on any atom is -0.467 e. The first-order valence-electron chi connectivity index (χ1n) is 11.7. The molecular weight excluding hydrogens is 450 g/mol. The smallest absolute Gasteiger partial charge is 0.322 e. The zero-order chi connectivity index (χ0) is 23.8. The van der Waals surface area contributed by atoms with Gasteiger partial charge in [0.15, 0.2) is 0 Å². The van der Waals surface area contributed by atoms with E-state index in [1.54, 1.807) is 41.5 Å². The van der Waals surface area contributed by atoms with Crippen molar-refractivity contribution in [1.29, 1.82) is 0 Å². The van der Waals surface area contributed by atoms with E-state index in [0.717, 1.165) is 32.4 Å². The molecule has 0 atom stereocenters. The van der Waals surface area contributed by atoms with Gasteiger partial charge < -0.3 is 19.5 Å². The topological polar surface area (TPSA) is 65.8 Å². The Morgan fingerprint density at radius 1 is 1.03 bits per heavy atom. The zero-order valence-electron chi connectivity index (χ0n) is 19.2. The number of hydrogen-bond acceptors (Lipinski definition) is 3. The molecule has 1 saturated heterocycles. The van der Waals surface area contributed by atoms with Crippen molar-refractivity contribution in [2.45, 2.75) is 32.2 Å². The Hall–Kier alpha value is -3.25. The van der Waals surface area contributed by atoms with Gasteiger partial charge >= 0.3 is 6.03 Å². The first-order valence-corrected chi connectivity index (χ1v) is 12.1. The van der Waals surface area contributed by atoms with Gasteiger partial charge in [0.1, 0.15) is 5.76 Å². The molecule has 0 bridgehead atoms. The highest BCUT2D eigenvalue weighted by Gasteiger charge is 2.24. The molecule has 34 heavy (non-hydrogen) atoms. The predicted octanol–water partition coefficient (Wildman–Crippen LogP) is 5.84. The Kier molecular flexibility index (Phi) is 8.26. The lowest BCUT2D eigenvalue weighted by Gasteiger charge is -2.33. The Morgan fingerprint density at radius 2 is 1.82 bits per heavy atom. The van der Waals surface area contributed by atoms with E-state index >= 15 is 0 Å². The number of carbonyl (C=O) groups is 2. The molecule has 0 unspecified atom stereocenters. The van der Waals surface area contributed by atoms with Gasteiger partial charge in [0.05, 0.1) is 12.8 Å². The summed E-state index contributed by atoms with van der Waals surface area (Å²) < 4.78 is 5.43. The maximum Gasteiger partial charge on any atom is 0.322 e. The summed E-state index contributed by atoms with van der Waals surface area (Å²) in [5.41, 5.74) is 1.96. The van der Waals surface area contributed by atoms with Gasteiger partial charge in [-0.05, 0) is 61.1 Å². The van der Waals surface area contributed by atoms with E-state index in [0.29, 0.717) is 28.9 Å². The van der Waals surface area contributed by atoms with Crippen molar-refractivity contribution in [3.8, 4) is 0 Å². The van der Waals surface area contributed by atoms with Crippen LogP contribution in [0.2, 0.25) is 5.02 Å². The zero-order valence-corrected chi connectivity index (χ0v) is 19.9. The number of anilines is 1. The highest BCUT2D eigenvalue weighted by molar-refractivity contribution is 6.30. The molecule has 1 aliphatic heterocycles. The number of nitrogens with one attached hydrogen (secondary N) is 1. The van der Waals surface area contributed by atoms with Crippen LogP contribution in [0.3, 0.4) is 0 Å². The number of benzene rings is 2. The minimum atomic E-state index is -0.298. The van der Waals surface area contributed by atoms with E-state index in [4.69, 9.17) is 16.0 Å². The maximum absolute atomic E-state index is 13.0. The number of furan rings is 1. The average molecular weight is 480 g/mol. The van der Waals surface area contributed by atoms with Crippen LogP contribution < -0.4 is 5.32 Å². The van der Waals surface area contributed by atoms with E-state index in [1.807, 2.05) is 17.0 Å². The number of piperidine rings is 1. The predicted molar refractivity (Wildman–Crippen MR) is 134 cm³/mol. The third-order valence-corrected chi connectivity index (χ3v) is 6.46. The molecule has 0 aliphatic carbocycles. The molecule has 0 saturated carbocycles. The van der Waals surface area contributed by atoms with Crippen molar-refractivity contribution in [2.24, 2.45) is 5.92 Å². The summed E-state index contributed by atoms with van der Waals surface area (Å²) in [6.45, 7) is 2.12. The van der Waals surface area contributed by atoms with Gasteiger partial charge in [-0.1, -0.05) is 48.0 Å². The minimum absolute atomic E-state index is 0.0816. The number of amides is 3. The van der Waals surface area contributed by atoms with Crippen molar-refractivity contribution in [1.82, 2.24) is 9.80 Å². The molecule has 7 heteroatoms. The van der Waals surface area contributed by atoms with Crippen molar-refractivity contribution in [3.63, 3.8) is 0 Å². The molecule has 0 spiro atoms. The van der Waals surface area contributed by atoms with Crippen LogP contribution in [0.5, 0.6) is 0 Å². The molecule has 2 aromatic carbocycles. The van der Waals surface area contributed by atoms with Crippen LogP contribution in [0, 0.1) is 5.92 Å². The first kappa shape index (κ1) is 23.9. The van der Waals surface area contributed by atoms with E-state index in [2.05, 4.69) is 29.6 Å². The molecular formula is C27H30ClN3O3. The Labute approximate surface area is 205 Å². The number of urea groups is 1. The number of carbonyl (C=O) groups excluding carboxylic acids is 2. The van der Waals surface area contributed by atoms with Crippen LogP contribution in [-0.2, 0) is 17.8 Å². The number of halogens is 1. The largest absolute Gasteiger partial charge is 0.467 e. The first-order chi connectivity index (χ1) is 16.6. The average Bonchev–Trinajstić information content (AvgIpc) is 3.36. The second-order valence-electron chi connectivity index (χ2n) is 8.71. The van der Waals surface area contributed by atoms with Gasteiger partial charge in [0.2, 0.25) is 5.91 Å². The molecule has 1 aliphatic rings. The fraction of sp³-hybridized carbons (Fsp3) is 0.333. The summed E-state index contributed by atoms with van der Waals surface area (Å²) in [7, 11) is 0. The van der Waals surface area contributed by atoms with Gasteiger partial charge in [-0.3, -0.25) is 4.79 Å². The van der Waals surface area contributed by atoms with Crippen LogP contribution in [-0.4, -0.2) is 41.4 Å². The molecule has 6 nitrogen and oxygen atoms in total. The molecule has 2 heterocycles. The van der Waals surface area contributed by atoms with Crippen molar-refractivity contribution >= 4 is 29.2 Å². The molecule has 4 rings (SSSR count). The van der Waals surface area contributed by atoms with Crippen LogP contribution in [0.15, 0.2) is 77.4 Å². The van der Waals surface area contributed by atoms with Gasteiger partial charge in [-0.15, -0.1) is 0 Å². The van der Waals surface area contributed by atoms with Crippen LogP contribution in [0.4, 0.5) is 10.5 Å². The Balaban J connectivity index is 1.30. The fourth-order valence-corrected chi connectivity index (χ4v) is 4.52. The molecule has 178 valence electrons. The summed E-state index contributed by atoms with van der Waals surface area (Å²) in [5, 5.41) is 3.41. The van der Waals surface area contributed by atoms with Gasteiger partial charge in [0.25, 0.3) is 0 Å². The Morgan fingerprint density at radius 3 is 2.53 bits per heavy atom. The van der Waals surface area contributed by atoms with Gasteiger partial charge in [-0.25, -0.2) is 4.79 Å². The summed E-state index contributed by atoms with van der Waals surface area (Å²) in [5.74, 6) is 1.35. The summed E-state index contributed by atoms with van der Waals surface area (Å²) >= 11 is 6.04. The maximum atomic E-state index is 13.0. The molecule has 1 fully saturated rings. The molecule has 0 radical (unpaired) electrons.